The standard InChI is InChI=1S/C27H32N2O6/c1-27(2,3)23(24(30)28-14-16-12-13-22(35-16)25(31)32)29-26(33)34-15-21-19-10-6-4-8-17(19)18-9-5-7-11-20(18)21/h4-11,16,21-23H,12-15H2,1-3H3,(H,28,30)(H,29,33)(H,31,32)/t16?,22?,23-/m0/s1. The zero-order chi connectivity index (χ0) is 25.2. The predicted octanol–water partition coefficient (Wildman–Crippen LogP) is 3.69. The van der Waals surface area contributed by atoms with E-state index in [4.69, 9.17) is 14.6 Å². The third-order valence-electron chi connectivity index (χ3n) is 6.62. The third kappa shape index (κ3) is 5.48. The number of benzene rings is 2. The van der Waals surface area contributed by atoms with Crippen molar-refractivity contribution in [3.63, 3.8) is 0 Å². The first-order chi connectivity index (χ1) is 16.6. The van der Waals surface area contributed by atoms with Crippen LogP contribution in [0.15, 0.2) is 48.5 Å². The van der Waals surface area contributed by atoms with Crippen LogP contribution in [0.1, 0.15) is 50.7 Å². The van der Waals surface area contributed by atoms with Gasteiger partial charge in [-0.05, 0) is 40.5 Å². The lowest BCUT2D eigenvalue weighted by Crippen LogP contribution is -2.54. The van der Waals surface area contributed by atoms with Crippen LogP contribution in [0.5, 0.6) is 0 Å². The van der Waals surface area contributed by atoms with Crippen molar-refractivity contribution < 1.29 is 29.0 Å². The molecule has 2 aromatic rings. The van der Waals surface area contributed by atoms with E-state index in [1.54, 1.807) is 0 Å². The molecule has 0 spiro atoms. The summed E-state index contributed by atoms with van der Waals surface area (Å²) in [4.78, 5) is 36.8. The smallest absolute Gasteiger partial charge is 0.407 e. The quantitative estimate of drug-likeness (QED) is 0.557. The van der Waals surface area contributed by atoms with Gasteiger partial charge in [0.2, 0.25) is 5.91 Å². The van der Waals surface area contributed by atoms with E-state index >= 15 is 0 Å². The first-order valence-electron chi connectivity index (χ1n) is 11.9. The maximum absolute atomic E-state index is 12.9. The molecular formula is C27H32N2O6. The average Bonchev–Trinajstić information content (AvgIpc) is 3.42. The summed E-state index contributed by atoms with van der Waals surface area (Å²) in [5, 5.41) is 14.6. The number of nitrogens with one attached hydrogen (secondary N) is 2. The molecule has 186 valence electrons. The number of ether oxygens (including phenoxy) is 2. The second kappa shape index (κ2) is 10.1. The maximum Gasteiger partial charge on any atom is 0.407 e. The van der Waals surface area contributed by atoms with Gasteiger partial charge in [-0.1, -0.05) is 69.3 Å². The van der Waals surface area contributed by atoms with E-state index in [0.29, 0.717) is 12.8 Å². The molecule has 3 N–H and O–H groups in total. The molecule has 0 radical (unpaired) electrons. The number of carboxylic acids is 1. The molecule has 1 heterocycles. The average molecular weight is 481 g/mol. The Bertz CT molecular complexity index is 1060. The fraction of sp³-hybridized carbons (Fsp3) is 0.444. The van der Waals surface area contributed by atoms with Crippen molar-refractivity contribution in [1.29, 1.82) is 0 Å². The van der Waals surface area contributed by atoms with Gasteiger partial charge in [-0.15, -0.1) is 0 Å². The number of alkyl carbamates (subject to hydrolysis) is 1. The zero-order valence-electron chi connectivity index (χ0n) is 20.2. The van der Waals surface area contributed by atoms with E-state index in [-0.39, 0.29) is 31.1 Å². The SMILES string of the molecule is CC(C)(C)[C@@H](NC(=O)OCC1c2ccccc2-c2ccccc21)C(=O)NCC1CCC(C(=O)O)O1. The van der Waals surface area contributed by atoms with E-state index < -0.39 is 29.6 Å². The molecule has 1 aliphatic carbocycles. The number of carboxylic acid groups (broad SMARTS) is 1. The van der Waals surface area contributed by atoms with Crippen molar-refractivity contribution in [3.05, 3.63) is 59.7 Å². The van der Waals surface area contributed by atoms with Gasteiger partial charge >= 0.3 is 12.1 Å². The molecule has 2 unspecified atom stereocenters. The number of hydrogen-bond donors (Lipinski definition) is 3. The van der Waals surface area contributed by atoms with Crippen LogP contribution >= 0.6 is 0 Å². The summed E-state index contributed by atoms with van der Waals surface area (Å²) >= 11 is 0. The predicted molar refractivity (Wildman–Crippen MR) is 130 cm³/mol. The van der Waals surface area contributed by atoms with Crippen molar-refractivity contribution in [3.8, 4) is 11.1 Å². The van der Waals surface area contributed by atoms with Crippen LogP contribution in [0.25, 0.3) is 11.1 Å². The lowest BCUT2D eigenvalue weighted by Gasteiger charge is -2.30. The van der Waals surface area contributed by atoms with E-state index in [2.05, 4.69) is 22.8 Å². The fourth-order valence-electron chi connectivity index (χ4n) is 4.79. The summed E-state index contributed by atoms with van der Waals surface area (Å²) < 4.78 is 11.1. The van der Waals surface area contributed by atoms with Crippen molar-refractivity contribution in [2.24, 2.45) is 5.41 Å². The minimum absolute atomic E-state index is 0.0724. The number of hydrogen-bond acceptors (Lipinski definition) is 5. The molecule has 1 fully saturated rings. The topological polar surface area (TPSA) is 114 Å². The number of carbonyl (C=O) groups excluding carboxylic acids is 2. The molecule has 2 amide bonds. The van der Waals surface area contributed by atoms with Crippen LogP contribution in [0, 0.1) is 5.41 Å². The molecule has 0 aromatic heterocycles. The van der Waals surface area contributed by atoms with Crippen LogP contribution in [0.4, 0.5) is 4.79 Å². The van der Waals surface area contributed by atoms with Gasteiger partial charge in [0.15, 0.2) is 6.10 Å². The van der Waals surface area contributed by atoms with Gasteiger partial charge in [0.05, 0.1) is 6.10 Å². The Kier molecular flexibility index (Phi) is 7.12. The van der Waals surface area contributed by atoms with Gasteiger partial charge in [0, 0.05) is 12.5 Å². The summed E-state index contributed by atoms with van der Waals surface area (Å²) in [5.41, 5.74) is 3.94. The maximum atomic E-state index is 12.9. The second-order valence-corrected chi connectivity index (χ2v) is 10.2. The number of aliphatic carboxylic acids is 1. The summed E-state index contributed by atoms with van der Waals surface area (Å²) in [5.74, 6) is -1.44. The summed E-state index contributed by atoms with van der Waals surface area (Å²) in [6.45, 7) is 5.90. The normalized spacial score (nSPS) is 20.0. The highest BCUT2D eigenvalue weighted by atomic mass is 16.5. The lowest BCUT2D eigenvalue weighted by atomic mass is 9.86. The van der Waals surface area contributed by atoms with Gasteiger partial charge in [-0.25, -0.2) is 9.59 Å². The van der Waals surface area contributed by atoms with Crippen LogP contribution in [-0.2, 0) is 19.1 Å². The van der Waals surface area contributed by atoms with Crippen molar-refractivity contribution >= 4 is 18.0 Å². The van der Waals surface area contributed by atoms with Crippen LogP contribution in [-0.4, -0.2) is 54.5 Å². The summed E-state index contributed by atoms with van der Waals surface area (Å²) in [6, 6.07) is 15.3. The molecule has 3 atom stereocenters. The van der Waals surface area contributed by atoms with Gasteiger partial charge in [-0.3, -0.25) is 4.79 Å². The highest BCUT2D eigenvalue weighted by Gasteiger charge is 2.36. The molecule has 2 aromatic carbocycles. The second-order valence-electron chi connectivity index (χ2n) is 10.2. The molecule has 4 rings (SSSR count). The monoisotopic (exact) mass is 480 g/mol. The number of amides is 2. The fourth-order valence-corrected chi connectivity index (χ4v) is 4.79. The van der Waals surface area contributed by atoms with Crippen molar-refractivity contribution in [2.45, 2.75) is 57.8 Å². The number of carbonyl (C=O) groups is 3. The van der Waals surface area contributed by atoms with E-state index in [1.165, 1.54) is 0 Å². The van der Waals surface area contributed by atoms with Gasteiger partial charge < -0.3 is 25.2 Å². The lowest BCUT2D eigenvalue weighted by molar-refractivity contribution is -0.149. The molecule has 8 heteroatoms. The van der Waals surface area contributed by atoms with Gasteiger partial charge in [-0.2, -0.15) is 0 Å². The summed E-state index contributed by atoms with van der Waals surface area (Å²) in [7, 11) is 0. The molecular weight excluding hydrogens is 448 g/mol. The Hall–Kier alpha value is -3.39. The minimum Gasteiger partial charge on any atom is -0.479 e. The van der Waals surface area contributed by atoms with Crippen LogP contribution < -0.4 is 10.6 Å². The van der Waals surface area contributed by atoms with Crippen LogP contribution in [0.3, 0.4) is 0 Å². The largest absolute Gasteiger partial charge is 0.479 e. The Labute approximate surface area is 205 Å². The highest BCUT2D eigenvalue weighted by Crippen LogP contribution is 2.44. The van der Waals surface area contributed by atoms with Crippen molar-refractivity contribution in [2.75, 3.05) is 13.2 Å². The Morgan fingerprint density at radius 1 is 1.03 bits per heavy atom. The molecule has 2 aliphatic rings. The molecule has 0 bridgehead atoms. The summed E-state index contributed by atoms with van der Waals surface area (Å²) in [6.07, 6.45) is -0.900. The molecule has 8 nitrogen and oxygen atoms in total. The molecule has 0 saturated carbocycles. The third-order valence-corrected chi connectivity index (χ3v) is 6.62. The highest BCUT2D eigenvalue weighted by molar-refractivity contribution is 5.86. The first kappa shape index (κ1) is 24.7. The Balaban J connectivity index is 1.35. The van der Waals surface area contributed by atoms with E-state index in [0.717, 1.165) is 22.3 Å². The molecule has 1 saturated heterocycles. The van der Waals surface area contributed by atoms with Crippen molar-refractivity contribution in [1.82, 2.24) is 10.6 Å². The minimum atomic E-state index is -0.997. The Morgan fingerprint density at radius 3 is 2.17 bits per heavy atom. The first-order valence-corrected chi connectivity index (χ1v) is 11.9. The zero-order valence-corrected chi connectivity index (χ0v) is 20.2. The number of rotatable bonds is 7. The Morgan fingerprint density at radius 2 is 1.63 bits per heavy atom. The van der Waals surface area contributed by atoms with E-state index in [1.807, 2.05) is 57.2 Å². The molecule has 1 aliphatic heterocycles. The number of fused-ring (bicyclic) bond motifs is 3. The van der Waals surface area contributed by atoms with Gasteiger partial charge in [0.1, 0.15) is 12.6 Å². The van der Waals surface area contributed by atoms with E-state index in [9.17, 15) is 14.4 Å². The van der Waals surface area contributed by atoms with Gasteiger partial charge in [0.25, 0.3) is 0 Å². The molecule has 35 heavy (non-hydrogen) atoms. The van der Waals surface area contributed by atoms with Crippen LogP contribution in [0.2, 0.25) is 0 Å².